The predicted molar refractivity (Wildman–Crippen MR) is 84.0 cm³/mol. The molecule has 1 aromatic heterocycles. The first kappa shape index (κ1) is 17.3. The molecule has 2 rings (SSSR count). The fourth-order valence-electron chi connectivity index (χ4n) is 3.25. The molecule has 2 N–H and O–H groups in total. The number of pyridine rings is 1. The van der Waals surface area contributed by atoms with Gasteiger partial charge in [-0.15, -0.1) is 0 Å². The second kappa shape index (κ2) is 7.49. The Labute approximate surface area is 132 Å². The molecule has 0 spiro atoms. The van der Waals surface area contributed by atoms with Crippen LogP contribution < -0.4 is 5.32 Å². The van der Waals surface area contributed by atoms with Crippen molar-refractivity contribution in [2.24, 2.45) is 5.92 Å². The lowest BCUT2D eigenvalue weighted by atomic mass is 9.75. The number of ether oxygens (including phenoxy) is 1. The highest BCUT2D eigenvalue weighted by Crippen LogP contribution is 2.34. The number of hydrogen-bond acceptors (Lipinski definition) is 4. The predicted octanol–water partition coefficient (Wildman–Crippen LogP) is 2.83. The summed E-state index contributed by atoms with van der Waals surface area (Å²) in [5.41, 5.74) is 0.403. The third-order valence-electron chi connectivity index (χ3n) is 4.84. The summed E-state index contributed by atoms with van der Waals surface area (Å²) < 4.78 is 18.7. The zero-order chi connectivity index (χ0) is 16.2. The van der Waals surface area contributed by atoms with Crippen LogP contribution in [0.1, 0.15) is 51.2 Å². The molecule has 1 aromatic rings. The number of aromatic nitrogens is 1. The SMILES string of the molecule is CO[C@@H]1CCC[C@H](C(C)(C)NC[C@H](O)c2cncc(F)c2)C1. The number of methoxy groups -OCH3 is 1. The van der Waals surface area contributed by atoms with Gasteiger partial charge in [0.2, 0.25) is 0 Å². The smallest absolute Gasteiger partial charge is 0.141 e. The largest absolute Gasteiger partial charge is 0.387 e. The number of hydrogen-bond donors (Lipinski definition) is 2. The number of rotatable bonds is 6. The Kier molecular flexibility index (Phi) is 5.89. The van der Waals surface area contributed by atoms with E-state index in [-0.39, 0.29) is 5.54 Å². The minimum atomic E-state index is -0.760. The first-order valence-corrected chi connectivity index (χ1v) is 7.98. The normalized spacial score (nSPS) is 24.2. The van der Waals surface area contributed by atoms with E-state index < -0.39 is 11.9 Å². The van der Waals surface area contributed by atoms with Crippen LogP contribution in [0.2, 0.25) is 0 Å². The second-order valence-electron chi connectivity index (χ2n) is 6.78. The van der Waals surface area contributed by atoms with Gasteiger partial charge < -0.3 is 15.2 Å². The van der Waals surface area contributed by atoms with Gasteiger partial charge in [0.1, 0.15) is 5.82 Å². The van der Waals surface area contributed by atoms with E-state index in [0.717, 1.165) is 25.5 Å². The molecule has 0 aliphatic heterocycles. The van der Waals surface area contributed by atoms with Gasteiger partial charge in [0.15, 0.2) is 0 Å². The van der Waals surface area contributed by atoms with Gasteiger partial charge in [-0.05, 0) is 45.1 Å². The summed E-state index contributed by atoms with van der Waals surface area (Å²) in [6, 6.07) is 1.33. The van der Waals surface area contributed by atoms with Crippen molar-refractivity contribution in [3.8, 4) is 0 Å². The summed E-state index contributed by atoms with van der Waals surface area (Å²) in [4.78, 5) is 3.78. The van der Waals surface area contributed by atoms with Crippen molar-refractivity contribution in [3.63, 3.8) is 0 Å². The minimum Gasteiger partial charge on any atom is -0.387 e. The lowest BCUT2D eigenvalue weighted by Crippen LogP contribution is -2.49. The van der Waals surface area contributed by atoms with E-state index in [1.54, 1.807) is 7.11 Å². The lowest BCUT2D eigenvalue weighted by Gasteiger charge is -2.40. The zero-order valence-corrected chi connectivity index (χ0v) is 13.7. The molecule has 0 unspecified atom stereocenters. The van der Waals surface area contributed by atoms with Crippen LogP contribution in [-0.4, -0.2) is 35.4 Å². The monoisotopic (exact) mass is 310 g/mol. The molecule has 0 bridgehead atoms. The first-order valence-electron chi connectivity index (χ1n) is 7.98. The quantitative estimate of drug-likeness (QED) is 0.848. The summed E-state index contributed by atoms with van der Waals surface area (Å²) in [7, 11) is 1.77. The Bertz CT molecular complexity index is 481. The maximum absolute atomic E-state index is 13.2. The van der Waals surface area contributed by atoms with Crippen molar-refractivity contribution in [1.82, 2.24) is 10.3 Å². The van der Waals surface area contributed by atoms with Crippen LogP contribution in [0, 0.1) is 11.7 Å². The number of nitrogens with zero attached hydrogens (tertiary/aromatic N) is 1. The third-order valence-corrected chi connectivity index (χ3v) is 4.84. The number of halogens is 1. The van der Waals surface area contributed by atoms with Gasteiger partial charge in [0.25, 0.3) is 0 Å². The third kappa shape index (κ3) is 4.48. The molecule has 22 heavy (non-hydrogen) atoms. The van der Waals surface area contributed by atoms with Crippen molar-refractivity contribution in [2.45, 2.75) is 57.3 Å². The van der Waals surface area contributed by atoms with Crippen molar-refractivity contribution in [3.05, 3.63) is 29.8 Å². The average Bonchev–Trinajstić information content (AvgIpc) is 2.52. The fourth-order valence-corrected chi connectivity index (χ4v) is 3.25. The van der Waals surface area contributed by atoms with Crippen LogP contribution in [0.25, 0.3) is 0 Å². The van der Waals surface area contributed by atoms with Crippen LogP contribution >= 0.6 is 0 Å². The summed E-state index contributed by atoms with van der Waals surface area (Å²) in [5, 5.41) is 13.6. The number of nitrogens with one attached hydrogen (secondary N) is 1. The van der Waals surface area contributed by atoms with Gasteiger partial charge in [-0.3, -0.25) is 4.98 Å². The molecular weight excluding hydrogens is 283 g/mol. The van der Waals surface area contributed by atoms with Gasteiger partial charge in [0.05, 0.1) is 18.4 Å². The minimum absolute atomic E-state index is 0.0983. The number of aliphatic hydroxyl groups excluding tert-OH is 1. The summed E-state index contributed by atoms with van der Waals surface area (Å²) in [6.07, 6.45) is 6.71. The molecule has 1 saturated carbocycles. The van der Waals surface area contributed by atoms with Crippen LogP contribution in [0.4, 0.5) is 4.39 Å². The highest BCUT2D eigenvalue weighted by Gasteiger charge is 2.34. The van der Waals surface area contributed by atoms with Gasteiger partial charge in [-0.2, -0.15) is 0 Å². The van der Waals surface area contributed by atoms with Gasteiger partial charge in [-0.1, -0.05) is 6.42 Å². The summed E-state index contributed by atoms with van der Waals surface area (Å²) in [5.74, 6) is 0.0788. The van der Waals surface area contributed by atoms with Crippen LogP contribution in [-0.2, 0) is 4.74 Å². The average molecular weight is 310 g/mol. The second-order valence-corrected chi connectivity index (χ2v) is 6.78. The molecule has 1 aliphatic carbocycles. The Morgan fingerprint density at radius 1 is 1.45 bits per heavy atom. The van der Waals surface area contributed by atoms with E-state index in [1.165, 1.54) is 18.7 Å². The summed E-state index contributed by atoms with van der Waals surface area (Å²) >= 11 is 0. The first-order chi connectivity index (χ1) is 10.4. The maximum Gasteiger partial charge on any atom is 0.141 e. The van der Waals surface area contributed by atoms with E-state index >= 15 is 0 Å². The Morgan fingerprint density at radius 3 is 2.91 bits per heavy atom. The number of β-amino-alcohol motifs (C(OH)–C–C–N with tert-alkyl or cyclic N) is 1. The van der Waals surface area contributed by atoms with Crippen molar-refractivity contribution in [2.75, 3.05) is 13.7 Å². The lowest BCUT2D eigenvalue weighted by molar-refractivity contribution is 0.0269. The van der Waals surface area contributed by atoms with Gasteiger partial charge in [0, 0.05) is 31.0 Å². The van der Waals surface area contributed by atoms with E-state index in [1.807, 2.05) is 0 Å². The van der Waals surface area contributed by atoms with Crippen molar-refractivity contribution >= 4 is 0 Å². The van der Waals surface area contributed by atoms with E-state index in [9.17, 15) is 9.50 Å². The Balaban J connectivity index is 1.91. The molecule has 3 atom stereocenters. The highest BCUT2D eigenvalue weighted by atomic mass is 19.1. The topological polar surface area (TPSA) is 54.4 Å². The molecule has 1 aliphatic rings. The molecule has 1 fully saturated rings. The van der Waals surface area contributed by atoms with Crippen molar-refractivity contribution in [1.29, 1.82) is 0 Å². The molecule has 0 aromatic carbocycles. The fraction of sp³-hybridized carbons (Fsp3) is 0.706. The Hall–Kier alpha value is -1.04. The van der Waals surface area contributed by atoms with Crippen LogP contribution in [0.15, 0.2) is 18.5 Å². The van der Waals surface area contributed by atoms with Gasteiger partial charge >= 0.3 is 0 Å². The molecule has 5 heteroatoms. The highest BCUT2D eigenvalue weighted by molar-refractivity contribution is 5.13. The molecule has 0 amide bonds. The standard InChI is InChI=1S/C17H27FN2O2/c1-17(2,13-5-4-6-15(8-13)22-3)20-11-16(21)12-7-14(18)10-19-9-12/h7,9-10,13,15-16,20-21H,4-6,8,11H2,1-3H3/t13-,15+,16-/m0/s1. The van der Waals surface area contributed by atoms with Crippen LogP contribution in [0.3, 0.4) is 0 Å². The zero-order valence-electron chi connectivity index (χ0n) is 13.7. The molecular formula is C17H27FN2O2. The van der Waals surface area contributed by atoms with Crippen LogP contribution in [0.5, 0.6) is 0 Å². The van der Waals surface area contributed by atoms with E-state index in [0.29, 0.717) is 24.1 Å². The number of aliphatic hydroxyl groups is 1. The molecule has 124 valence electrons. The maximum atomic E-state index is 13.2. The van der Waals surface area contributed by atoms with Crippen molar-refractivity contribution < 1.29 is 14.2 Å². The van der Waals surface area contributed by atoms with E-state index in [2.05, 4.69) is 24.1 Å². The molecule has 4 nitrogen and oxygen atoms in total. The van der Waals surface area contributed by atoms with Gasteiger partial charge in [-0.25, -0.2) is 4.39 Å². The summed E-state index contributed by atoms with van der Waals surface area (Å²) in [6.45, 7) is 4.70. The molecule has 0 saturated heterocycles. The Morgan fingerprint density at radius 2 is 2.23 bits per heavy atom. The molecule has 0 radical (unpaired) electrons. The van der Waals surface area contributed by atoms with E-state index in [4.69, 9.17) is 4.74 Å². The molecule has 1 heterocycles.